The van der Waals surface area contributed by atoms with E-state index in [1.165, 1.54) is 16.8 Å². The van der Waals surface area contributed by atoms with Crippen LogP contribution in [-0.2, 0) is 6.54 Å². The molecular weight excluding hydrogens is 304 g/mol. The highest BCUT2D eigenvalue weighted by Gasteiger charge is 2.15. The SMILES string of the molecule is O=C(NCC1CCCNC1)c1ccc(=O)n(Cc2ccccc2)n1. The van der Waals surface area contributed by atoms with Crippen molar-refractivity contribution in [1.82, 2.24) is 20.4 Å². The molecule has 0 aliphatic carbocycles. The molecule has 3 rings (SSSR count). The zero-order chi connectivity index (χ0) is 16.8. The quantitative estimate of drug-likeness (QED) is 0.860. The molecule has 0 radical (unpaired) electrons. The van der Waals surface area contributed by atoms with Gasteiger partial charge in [0.1, 0.15) is 5.69 Å². The molecule has 0 saturated carbocycles. The predicted octanol–water partition coefficient (Wildman–Crippen LogP) is 1.02. The third-order valence-corrected chi connectivity index (χ3v) is 4.22. The van der Waals surface area contributed by atoms with E-state index in [0.29, 0.717) is 19.0 Å². The number of piperidine rings is 1. The zero-order valence-electron chi connectivity index (χ0n) is 13.6. The molecule has 0 bridgehead atoms. The van der Waals surface area contributed by atoms with Gasteiger partial charge in [-0.25, -0.2) is 4.68 Å². The van der Waals surface area contributed by atoms with E-state index in [1.807, 2.05) is 30.3 Å². The Morgan fingerprint density at radius 2 is 2.08 bits per heavy atom. The largest absolute Gasteiger partial charge is 0.350 e. The second-order valence-electron chi connectivity index (χ2n) is 6.12. The minimum absolute atomic E-state index is 0.216. The van der Waals surface area contributed by atoms with Crippen molar-refractivity contribution >= 4 is 5.91 Å². The van der Waals surface area contributed by atoms with Crippen molar-refractivity contribution in [2.24, 2.45) is 5.92 Å². The first-order chi connectivity index (χ1) is 11.7. The Morgan fingerprint density at radius 1 is 1.25 bits per heavy atom. The maximum atomic E-state index is 12.3. The summed E-state index contributed by atoms with van der Waals surface area (Å²) in [5.74, 6) is 0.223. The molecule has 6 nitrogen and oxygen atoms in total. The molecule has 1 unspecified atom stereocenters. The molecule has 2 heterocycles. The lowest BCUT2D eigenvalue weighted by atomic mass is 10.00. The summed E-state index contributed by atoms with van der Waals surface area (Å²) >= 11 is 0. The first-order valence-corrected chi connectivity index (χ1v) is 8.33. The van der Waals surface area contributed by atoms with Crippen LogP contribution in [0.15, 0.2) is 47.3 Å². The molecule has 1 atom stereocenters. The maximum Gasteiger partial charge on any atom is 0.271 e. The maximum absolute atomic E-state index is 12.3. The third-order valence-electron chi connectivity index (χ3n) is 4.22. The number of rotatable bonds is 5. The summed E-state index contributed by atoms with van der Waals surface area (Å²) in [7, 11) is 0. The number of carbonyl (C=O) groups is 1. The van der Waals surface area contributed by atoms with Crippen molar-refractivity contribution in [2.45, 2.75) is 19.4 Å². The topological polar surface area (TPSA) is 76.0 Å². The number of hydrogen-bond donors (Lipinski definition) is 2. The lowest BCUT2D eigenvalue weighted by Crippen LogP contribution is -2.38. The van der Waals surface area contributed by atoms with E-state index in [1.54, 1.807) is 0 Å². The Bertz CT molecular complexity index is 736. The van der Waals surface area contributed by atoms with Crippen molar-refractivity contribution in [3.63, 3.8) is 0 Å². The smallest absolute Gasteiger partial charge is 0.271 e. The van der Waals surface area contributed by atoms with Gasteiger partial charge in [-0.05, 0) is 43.5 Å². The molecule has 1 amide bonds. The van der Waals surface area contributed by atoms with E-state index >= 15 is 0 Å². The van der Waals surface area contributed by atoms with Crippen LogP contribution < -0.4 is 16.2 Å². The van der Waals surface area contributed by atoms with Gasteiger partial charge < -0.3 is 10.6 Å². The van der Waals surface area contributed by atoms with E-state index in [4.69, 9.17) is 0 Å². The Balaban J connectivity index is 1.66. The molecule has 1 aromatic carbocycles. The van der Waals surface area contributed by atoms with Crippen LogP contribution in [0.3, 0.4) is 0 Å². The van der Waals surface area contributed by atoms with Gasteiger partial charge in [-0.2, -0.15) is 5.10 Å². The number of nitrogens with one attached hydrogen (secondary N) is 2. The lowest BCUT2D eigenvalue weighted by molar-refractivity contribution is 0.0937. The predicted molar refractivity (Wildman–Crippen MR) is 92.0 cm³/mol. The van der Waals surface area contributed by atoms with Gasteiger partial charge in [0, 0.05) is 12.6 Å². The van der Waals surface area contributed by atoms with E-state index in [2.05, 4.69) is 15.7 Å². The summed E-state index contributed by atoms with van der Waals surface area (Å²) in [4.78, 5) is 24.3. The molecule has 0 spiro atoms. The molecule has 126 valence electrons. The summed E-state index contributed by atoms with van der Waals surface area (Å²) < 4.78 is 1.33. The minimum atomic E-state index is -0.234. The van der Waals surface area contributed by atoms with Crippen molar-refractivity contribution in [3.05, 3.63) is 64.1 Å². The Hall–Kier alpha value is -2.47. The molecule has 2 N–H and O–H groups in total. The number of amides is 1. The molecule has 1 saturated heterocycles. The van der Waals surface area contributed by atoms with E-state index in [0.717, 1.165) is 31.5 Å². The van der Waals surface area contributed by atoms with Gasteiger partial charge in [-0.3, -0.25) is 9.59 Å². The standard InChI is InChI=1S/C18H22N4O2/c23-17-9-8-16(18(24)20-12-15-7-4-10-19-11-15)21-22(17)13-14-5-2-1-3-6-14/h1-3,5-6,8-9,15,19H,4,7,10-13H2,(H,20,24). The van der Waals surface area contributed by atoms with E-state index in [9.17, 15) is 9.59 Å². The van der Waals surface area contributed by atoms with E-state index < -0.39 is 0 Å². The van der Waals surface area contributed by atoms with Gasteiger partial charge in [0.25, 0.3) is 11.5 Å². The van der Waals surface area contributed by atoms with Gasteiger partial charge in [0.15, 0.2) is 0 Å². The van der Waals surface area contributed by atoms with Crippen LogP contribution >= 0.6 is 0 Å². The van der Waals surface area contributed by atoms with Crippen LogP contribution in [0.25, 0.3) is 0 Å². The number of nitrogens with zero attached hydrogens (tertiary/aromatic N) is 2. The van der Waals surface area contributed by atoms with Crippen LogP contribution in [-0.4, -0.2) is 35.3 Å². The highest BCUT2D eigenvalue weighted by atomic mass is 16.2. The Morgan fingerprint density at radius 3 is 2.83 bits per heavy atom. The van der Waals surface area contributed by atoms with Gasteiger partial charge in [0.2, 0.25) is 0 Å². The Labute approximate surface area is 140 Å². The lowest BCUT2D eigenvalue weighted by Gasteiger charge is -2.22. The third kappa shape index (κ3) is 4.29. The zero-order valence-corrected chi connectivity index (χ0v) is 13.6. The van der Waals surface area contributed by atoms with Crippen molar-refractivity contribution < 1.29 is 4.79 Å². The van der Waals surface area contributed by atoms with Crippen LogP contribution in [0.5, 0.6) is 0 Å². The average Bonchev–Trinajstić information content (AvgIpc) is 2.63. The number of carbonyl (C=O) groups excluding carboxylic acids is 1. The second-order valence-corrected chi connectivity index (χ2v) is 6.12. The highest BCUT2D eigenvalue weighted by molar-refractivity contribution is 5.91. The molecule has 1 aliphatic heterocycles. The molecule has 24 heavy (non-hydrogen) atoms. The number of aromatic nitrogens is 2. The van der Waals surface area contributed by atoms with Crippen molar-refractivity contribution in [3.8, 4) is 0 Å². The summed E-state index contributed by atoms with van der Waals surface area (Å²) in [6, 6.07) is 12.5. The minimum Gasteiger partial charge on any atom is -0.350 e. The fourth-order valence-electron chi connectivity index (χ4n) is 2.87. The second kappa shape index (κ2) is 7.88. The Kier molecular flexibility index (Phi) is 5.38. The molecule has 2 aromatic rings. The van der Waals surface area contributed by atoms with Crippen LogP contribution in [0.4, 0.5) is 0 Å². The monoisotopic (exact) mass is 326 g/mol. The molecule has 1 fully saturated rings. The van der Waals surface area contributed by atoms with Gasteiger partial charge in [0.05, 0.1) is 6.54 Å². The molecule has 6 heteroatoms. The molecular formula is C18H22N4O2. The molecule has 1 aromatic heterocycles. The number of benzene rings is 1. The highest BCUT2D eigenvalue weighted by Crippen LogP contribution is 2.08. The van der Waals surface area contributed by atoms with E-state index in [-0.39, 0.29) is 17.2 Å². The fourth-order valence-corrected chi connectivity index (χ4v) is 2.87. The summed E-state index contributed by atoms with van der Waals surface area (Å²) in [5, 5.41) is 10.5. The normalized spacial score (nSPS) is 17.4. The molecule has 1 aliphatic rings. The van der Waals surface area contributed by atoms with Gasteiger partial charge >= 0.3 is 0 Å². The fraction of sp³-hybridized carbons (Fsp3) is 0.389. The summed E-state index contributed by atoms with van der Waals surface area (Å²) in [6.45, 7) is 2.97. The summed E-state index contributed by atoms with van der Waals surface area (Å²) in [6.07, 6.45) is 2.26. The van der Waals surface area contributed by atoms with Crippen molar-refractivity contribution in [1.29, 1.82) is 0 Å². The van der Waals surface area contributed by atoms with Crippen molar-refractivity contribution in [2.75, 3.05) is 19.6 Å². The van der Waals surface area contributed by atoms with Gasteiger partial charge in [-0.15, -0.1) is 0 Å². The summed E-state index contributed by atoms with van der Waals surface area (Å²) in [5.41, 5.74) is 1.03. The van der Waals surface area contributed by atoms with Gasteiger partial charge in [-0.1, -0.05) is 30.3 Å². The first kappa shape index (κ1) is 16.4. The van der Waals surface area contributed by atoms with Crippen LogP contribution in [0.1, 0.15) is 28.9 Å². The average molecular weight is 326 g/mol. The van der Waals surface area contributed by atoms with Crippen LogP contribution in [0, 0.1) is 5.92 Å². The number of hydrogen-bond acceptors (Lipinski definition) is 4. The van der Waals surface area contributed by atoms with Crippen LogP contribution in [0.2, 0.25) is 0 Å². The first-order valence-electron chi connectivity index (χ1n) is 8.33.